The molecule has 4 aromatic rings. The van der Waals surface area contributed by atoms with Gasteiger partial charge in [-0.15, -0.1) is 0 Å². The molecule has 166 valence electrons. The lowest BCUT2D eigenvalue weighted by atomic mass is 10.1. The van der Waals surface area contributed by atoms with Gasteiger partial charge in [0.25, 0.3) is 11.8 Å². The van der Waals surface area contributed by atoms with E-state index in [-0.39, 0.29) is 17.6 Å². The highest BCUT2D eigenvalue weighted by molar-refractivity contribution is 6.02. The van der Waals surface area contributed by atoms with E-state index in [2.05, 4.69) is 34.8 Å². The number of amides is 2. The van der Waals surface area contributed by atoms with Crippen LogP contribution in [-0.2, 0) is 19.4 Å². The maximum atomic E-state index is 13.0. The SMILES string of the molecule is Cc1ccc(-n2nc(C(=O)NCc3ccc(NC(=O)c4ccco4)cc3)c3c2CCC3)cc1. The predicted octanol–water partition coefficient (Wildman–Crippen LogP) is 4.44. The molecule has 0 atom stereocenters. The summed E-state index contributed by atoms with van der Waals surface area (Å²) in [6.45, 7) is 2.42. The fraction of sp³-hybridized carbons (Fsp3) is 0.192. The number of aryl methyl sites for hydroxylation is 1. The molecular weight excluding hydrogens is 416 g/mol. The summed E-state index contributed by atoms with van der Waals surface area (Å²) >= 11 is 0. The van der Waals surface area contributed by atoms with Crippen LogP contribution in [0.25, 0.3) is 5.69 Å². The Hall–Kier alpha value is -4.13. The normalized spacial score (nSPS) is 12.4. The molecule has 0 aliphatic heterocycles. The van der Waals surface area contributed by atoms with Crippen LogP contribution in [0.5, 0.6) is 0 Å². The van der Waals surface area contributed by atoms with Crippen molar-refractivity contribution in [2.75, 3.05) is 5.32 Å². The van der Waals surface area contributed by atoms with Crippen molar-refractivity contribution in [3.05, 3.63) is 101 Å². The third-order valence-electron chi connectivity index (χ3n) is 5.83. The van der Waals surface area contributed by atoms with E-state index in [1.54, 1.807) is 24.3 Å². The molecule has 2 amide bonds. The highest BCUT2D eigenvalue weighted by Gasteiger charge is 2.26. The van der Waals surface area contributed by atoms with E-state index in [1.807, 2.05) is 28.9 Å². The zero-order valence-electron chi connectivity index (χ0n) is 18.3. The van der Waals surface area contributed by atoms with Crippen LogP contribution in [0.3, 0.4) is 0 Å². The van der Waals surface area contributed by atoms with Crippen molar-refractivity contribution in [1.82, 2.24) is 15.1 Å². The average molecular weight is 441 g/mol. The fourth-order valence-corrected chi connectivity index (χ4v) is 4.09. The first-order chi connectivity index (χ1) is 16.1. The molecular formula is C26H24N4O3. The van der Waals surface area contributed by atoms with E-state index in [0.29, 0.717) is 17.9 Å². The van der Waals surface area contributed by atoms with Crippen LogP contribution in [0.4, 0.5) is 5.69 Å². The molecule has 0 saturated carbocycles. The number of benzene rings is 2. The number of furan rings is 1. The number of hydrogen-bond acceptors (Lipinski definition) is 4. The number of rotatable bonds is 6. The Morgan fingerprint density at radius 2 is 1.79 bits per heavy atom. The first-order valence-corrected chi connectivity index (χ1v) is 11.0. The minimum Gasteiger partial charge on any atom is -0.459 e. The maximum absolute atomic E-state index is 13.0. The number of carbonyl (C=O) groups is 2. The van der Waals surface area contributed by atoms with Gasteiger partial charge in [0.05, 0.1) is 12.0 Å². The lowest BCUT2D eigenvalue weighted by molar-refractivity contribution is 0.0943. The molecule has 1 aliphatic rings. The van der Waals surface area contributed by atoms with E-state index >= 15 is 0 Å². The van der Waals surface area contributed by atoms with Crippen LogP contribution < -0.4 is 10.6 Å². The molecule has 7 nitrogen and oxygen atoms in total. The van der Waals surface area contributed by atoms with Gasteiger partial charge in [0.1, 0.15) is 0 Å². The van der Waals surface area contributed by atoms with Gasteiger partial charge in [-0.3, -0.25) is 9.59 Å². The zero-order chi connectivity index (χ0) is 22.8. The van der Waals surface area contributed by atoms with Gasteiger partial charge in [-0.1, -0.05) is 29.8 Å². The van der Waals surface area contributed by atoms with Crippen LogP contribution in [-0.4, -0.2) is 21.6 Å². The van der Waals surface area contributed by atoms with Gasteiger partial charge in [0.2, 0.25) is 0 Å². The Balaban J connectivity index is 1.25. The molecule has 33 heavy (non-hydrogen) atoms. The van der Waals surface area contributed by atoms with Crippen LogP contribution in [0, 0.1) is 6.92 Å². The van der Waals surface area contributed by atoms with E-state index in [9.17, 15) is 9.59 Å². The summed E-state index contributed by atoms with van der Waals surface area (Å²) in [4.78, 5) is 25.0. The molecule has 0 fully saturated rings. The van der Waals surface area contributed by atoms with Crippen molar-refractivity contribution >= 4 is 17.5 Å². The summed E-state index contributed by atoms with van der Waals surface area (Å²) in [5.74, 6) is -0.225. The molecule has 0 spiro atoms. The maximum Gasteiger partial charge on any atom is 0.291 e. The number of nitrogens with one attached hydrogen (secondary N) is 2. The molecule has 2 heterocycles. The Morgan fingerprint density at radius 1 is 1.00 bits per heavy atom. The van der Waals surface area contributed by atoms with Crippen molar-refractivity contribution in [3.8, 4) is 5.69 Å². The van der Waals surface area contributed by atoms with E-state index in [4.69, 9.17) is 4.42 Å². The van der Waals surface area contributed by atoms with Gasteiger partial charge in [-0.2, -0.15) is 5.10 Å². The van der Waals surface area contributed by atoms with Gasteiger partial charge in [-0.05, 0) is 68.1 Å². The summed E-state index contributed by atoms with van der Waals surface area (Å²) in [5.41, 5.74) is 6.42. The third-order valence-corrected chi connectivity index (χ3v) is 5.83. The molecule has 0 unspecified atom stereocenters. The minimum atomic E-state index is -0.306. The van der Waals surface area contributed by atoms with E-state index in [0.717, 1.165) is 41.8 Å². The van der Waals surface area contributed by atoms with Crippen LogP contribution in [0.1, 0.15) is 49.8 Å². The first kappa shape index (κ1) is 20.8. The number of anilines is 1. The highest BCUT2D eigenvalue weighted by Crippen LogP contribution is 2.28. The van der Waals surface area contributed by atoms with Crippen molar-refractivity contribution in [2.24, 2.45) is 0 Å². The summed E-state index contributed by atoms with van der Waals surface area (Å²) in [6.07, 6.45) is 4.28. The zero-order valence-corrected chi connectivity index (χ0v) is 18.3. The predicted molar refractivity (Wildman–Crippen MR) is 125 cm³/mol. The van der Waals surface area contributed by atoms with Crippen LogP contribution in [0.2, 0.25) is 0 Å². The van der Waals surface area contributed by atoms with Gasteiger partial charge in [0, 0.05) is 23.5 Å². The second kappa shape index (κ2) is 8.78. The Morgan fingerprint density at radius 3 is 2.52 bits per heavy atom. The summed E-state index contributed by atoms with van der Waals surface area (Å²) < 4.78 is 7.01. The van der Waals surface area contributed by atoms with Crippen molar-refractivity contribution in [3.63, 3.8) is 0 Å². The number of fused-ring (bicyclic) bond motifs is 1. The van der Waals surface area contributed by atoms with E-state index in [1.165, 1.54) is 11.8 Å². The average Bonchev–Trinajstić information content (AvgIpc) is 3.57. The minimum absolute atomic E-state index is 0.172. The molecule has 0 saturated heterocycles. The molecule has 5 rings (SSSR count). The first-order valence-electron chi connectivity index (χ1n) is 11.0. The smallest absolute Gasteiger partial charge is 0.291 e. The Kier molecular flexibility index (Phi) is 5.52. The number of aromatic nitrogens is 2. The standard InChI is InChI=1S/C26H24N4O3/c1-17-7-13-20(14-8-17)30-22-5-2-4-21(22)24(29-30)26(32)27-16-18-9-11-19(12-10-18)28-25(31)23-6-3-15-33-23/h3,6-15H,2,4-5,16H2,1H3,(H,27,32)(H,28,31). The second-order valence-electron chi connectivity index (χ2n) is 8.19. The number of carbonyl (C=O) groups excluding carboxylic acids is 2. The fourth-order valence-electron chi connectivity index (χ4n) is 4.09. The molecule has 0 radical (unpaired) electrons. The lowest BCUT2D eigenvalue weighted by Gasteiger charge is -2.07. The highest BCUT2D eigenvalue weighted by atomic mass is 16.3. The quantitative estimate of drug-likeness (QED) is 0.464. The van der Waals surface area contributed by atoms with Gasteiger partial charge < -0.3 is 15.1 Å². The summed E-state index contributed by atoms with van der Waals surface area (Å²) in [7, 11) is 0. The number of hydrogen-bond donors (Lipinski definition) is 2. The number of nitrogens with zero attached hydrogens (tertiary/aromatic N) is 2. The largest absolute Gasteiger partial charge is 0.459 e. The third kappa shape index (κ3) is 4.30. The molecule has 2 aromatic heterocycles. The topological polar surface area (TPSA) is 89.2 Å². The van der Waals surface area contributed by atoms with Crippen LogP contribution in [0.15, 0.2) is 71.3 Å². The van der Waals surface area contributed by atoms with Gasteiger partial charge >= 0.3 is 0 Å². The van der Waals surface area contributed by atoms with Crippen molar-refractivity contribution in [1.29, 1.82) is 0 Å². The molecule has 0 bridgehead atoms. The Bertz CT molecular complexity index is 1290. The molecule has 7 heteroatoms. The summed E-state index contributed by atoms with van der Waals surface area (Å²) in [5, 5.41) is 10.4. The van der Waals surface area contributed by atoms with Crippen molar-refractivity contribution in [2.45, 2.75) is 32.7 Å². The monoisotopic (exact) mass is 440 g/mol. The van der Waals surface area contributed by atoms with E-state index < -0.39 is 0 Å². The lowest BCUT2D eigenvalue weighted by Crippen LogP contribution is -2.24. The van der Waals surface area contributed by atoms with Gasteiger partial charge in [-0.25, -0.2) is 4.68 Å². The van der Waals surface area contributed by atoms with Gasteiger partial charge in [0.15, 0.2) is 11.5 Å². The van der Waals surface area contributed by atoms with Crippen LogP contribution >= 0.6 is 0 Å². The molecule has 2 aromatic carbocycles. The van der Waals surface area contributed by atoms with Crippen molar-refractivity contribution < 1.29 is 14.0 Å². The molecule has 2 N–H and O–H groups in total. The second-order valence-corrected chi connectivity index (χ2v) is 8.19. The molecule has 1 aliphatic carbocycles. The summed E-state index contributed by atoms with van der Waals surface area (Å²) in [6, 6.07) is 18.8. The Labute approximate surface area is 191 Å².